The lowest BCUT2D eigenvalue weighted by atomic mass is 9.71. The molecule has 1 N–H and O–H groups in total. The summed E-state index contributed by atoms with van der Waals surface area (Å²) in [6, 6.07) is 0. The van der Waals surface area contributed by atoms with E-state index in [9.17, 15) is 9.59 Å². The minimum Gasteiger partial charge on any atom is -0.355 e. The minimum atomic E-state index is -0.738. The van der Waals surface area contributed by atoms with E-state index in [0.29, 0.717) is 19.4 Å². The highest BCUT2D eigenvalue weighted by molar-refractivity contribution is 6.08. The van der Waals surface area contributed by atoms with Crippen LogP contribution in [0.4, 0.5) is 0 Å². The van der Waals surface area contributed by atoms with E-state index in [2.05, 4.69) is 5.32 Å². The number of ketones is 1. The first kappa shape index (κ1) is 13.8. The van der Waals surface area contributed by atoms with Crippen molar-refractivity contribution >= 4 is 18.5 Å². The van der Waals surface area contributed by atoms with Crippen molar-refractivity contribution in [2.24, 2.45) is 11.3 Å². The largest absolute Gasteiger partial charge is 0.355 e. The van der Waals surface area contributed by atoms with Crippen molar-refractivity contribution in [3.63, 3.8) is 0 Å². The van der Waals surface area contributed by atoms with Crippen LogP contribution in [0.25, 0.3) is 0 Å². The maximum absolute atomic E-state index is 11.9. The highest BCUT2D eigenvalue weighted by Crippen LogP contribution is 2.33. The Kier molecular flexibility index (Phi) is 5.19. The molecule has 0 unspecified atom stereocenters. The summed E-state index contributed by atoms with van der Waals surface area (Å²) in [5.74, 6) is -0.000509. The number of Topliss-reactive ketones (excluding diaryl/α,β-unsaturated/α-hetero) is 1. The second kappa shape index (κ2) is 5.63. The Morgan fingerprint density at radius 3 is 2.13 bits per heavy atom. The molecule has 86 valence electrons. The first-order valence-corrected chi connectivity index (χ1v) is 5.20. The normalized spacial score (nSPS) is 23.8. The van der Waals surface area contributed by atoms with Crippen LogP contribution < -0.4 is 5.32 Å². The summed E-state index contributed by atoms with van der Waals surface area (Å²) in [5.41, 5.74) is -0.738. The third kappa shape index (κ3) is 2.25. The molecule has 1 saturated heterocycles. The first-order chi connectivity index (χ1) is 7.08. The molecule has 0 aromatic heterocycles. The van der Waals surface area contributed by atoms with Gasteiger partial charge in [0.1, 0.15) is 12.2 Å². The number of carbonyl (C=O) groups is 3. The van der Waals surface area contributed by atoms with Crippen molar-refractivity contribution in [1.82, 2.24) is 5.32 Å². The summed E-state index contributed by atoms with van der Waals surface area (Å²) >= 11 is 0. The molecule has 1 heterocycles. The van der Waals surface area contributed by atoms with Crippen molar-refractivity contribution in [1.29, 1.82) is 0 Å². The van der Waals surface area contributed by atoms with Gasteiger partial charge in [0.25, 0.3) is 0 Å². The van der Waals surface area contributed by atoms with E-state index in [1.54, 1.807) is 0 Å². The smallest absolute Gasteiger partial charge is 0.233 e. The number of rotatable bonds is 2. The molecule has 0 aromatic carbocycles. The van der Waals surface area contributed by atoms with Gasteiger partial charge < -0.3 is 10.1 Å². The quantitative estimate of drug-likeness (QED) is 0.694. The van der Waals surface area contributed by atoms with Gasteiger partial charge in [0, 0.05) is 12.5 Å². The number of carbonyl (C=O) groups excluding carboxylic acids is 3. The molecular formula is C11H19NO3. The van der Waals surface area contributed by atoms with Crippen LogP contribution in [0.2, 0.25) is 0 Å². The van der Waals surface area contributed by atoms with Gasteiger partial charge in [-0.1, -0.05) is 20.8 Å². The van der Waals surface area contributed by atoms with E-state index in [4.69, 9.17) is 4.79 Å². The van der Waals surface area contributed by atoms with Crippen molar-refractivity contribution < 1.29 is 14.4 Å². The Labute approximate surface area is 90.4 Å². The second-order valence-electron chi connectivity index (χ2n) is 3.76. The van der Waals surface area contributed by atoms with Gasteiger partial charge in [0.15, 0.2) is 5.78 Å². The Balaban J connectivity index is 0.000000921. The molecule has 0 saturated carbocycles. The molecule has 1 amide bonds. The van der Waals surface area contributed by atoms with E-state index < -0.39 is 5.41 Å². The van der Waals surface area contributed by atoms with Gasteiger partial charge in [0.05, 0.1) is 0 Å². The number of hydrogen-bond acceptors (Lipinski definition) is 3. The third-order valence-corrected chi connectivity index (χ3v) is 3.13. The zero-order chi connectivity index (χ0) is 12.1. The van der Waals surface area contributed by atoms with Crippen molar-refractivity contribution in [2.75, 3.05) is 6.54 Å². The van der Waals surface area contributed by atoms with Gasteiger partial charge >= 0.3 is 0 Å². The van der Waals surface area contributed by atoms with Crippen LogP contribution in [0.1, 0.15) is 33.6 Å². The molecule has 1 fully saturated rings. The predicted octanol–water partition coefficient (Wildman–Crippen LogP) is 0.943. The molecule has 0 aromatic rings. The van der Waals surface area contributed by atoms with Crippen LogP contribution in [-0.4, -0.2) is 25.0 Å². The number of hydrogen-bond donors (Lipinski definition) is 1. The average Bonchev–Trinajstić information content (AvgIpc) is 2.29. The standard InChI is InChI=1S/C10H17NO2.CH2O/c1-4-10(5-2)8(12)7(3)6-11-9(10)13;1-2/h7H,4-6H2,1-3H3,(H,11,13);1H2/t7-;/m1./s1. The molecular weight excluding hydrogens is 194 g/mol. The van der Waals surface area contributed by atoms with E-state index >= 15 is 0 Å². The van der Waals surface area contributed by atoms with Gasteiger partial charge in [-0.2, -0.15) is 0 Å². The summed E-state index contributed by atoms with van der Waals surface area (Å²) in [5, 5.41) is 2.80. The fourth-order valence-corrected chi connectivity index (χ4v) is 2.01. The van der Waals surface area contributed by atoms with Crippen LogP contribution in [0.15, 0.2) is 0 Å². The predicted molar refractivity (Wildman–Crippen MR) is 57.3 cm³/mol. The number of piperidine rings is 1. The van der Waals surface area contributed by atoms with Crippen LogP contribution in [0.5, 0.6) is 0 Å². The summed E-state index contributed by atoms with van der Waals surface area (Å²) in [6.45, 7) is 8.18. The average molecular weight is 213 g/mol. The molecule has 0 radical (unpaired) electrons. The van der Waals surface area contributed by atoms with E-state index in [1.165, 1.54) is 0 Å². The summed E-state index contributed by atoms with van der Waals surface area (Å²) in [6.07, 6.45) is 1.22. The van der Waals surface area contributed by atoms with Gasteiger partial charge in [0.2, 0.25) is 5.91 Å². The number of amides is 1. The van der Waals surface area contributed by atoms with Crippen molar-refractivity contribution in [3.05, 3.63) is 0 Å². The third-order valence-electron chi connectivity index (χ3n) is 3.13. The zero-order valence-electron chi connectivity index (χ0n) is 9.63. The maximum Gasteiger partial charge on any atom is 0.233 e. The van der Waals surface area contributed by atoms with Crippen LogP contribution in [-0.2, 0) is 14.4 Å². The lowest BCUT2D eigenvalue weighted by Gasteiger charge is -2.35. The molecule has 4 heteroatoms. The Morgan fingerprint density at radius 1 is 1.33 bits per heavy atom. The molecule has 15 heavy (non-hydrogen) atoms. The molecule has 0 aliphatic carbocycles. The Morgan fingerprint density at radius 2 is 1.80 bits per heavy atom. The van der Waals surface area contributed by atoms with Gasteiger partial charge in [-0.3, -0.25) is 9.59 Å². The summed E-state index contributed by atoms with van der Waals surface area (Å²) < 4.78 is 0. The SMILES string of the molecule is C=O.CCC1(CC)C(=O)NC[C@@H](C)C1=O. The van der Waals surface area contributed by atoms with Crippen LogP contribution >= 0.6 is 0 Å². The van der Waals surface area contributed by atoms with E-state index in [-0.39, 0.29) is 17.6 Å². The van der Waals surface area contributed by atoms with Crippen molar-refractivity contribution in [3.8, 4) is 0 Å². The van der Waals surface area contributed by atoms with Crippen LogP contribution in [0, 0.1) is 11.3 Å². The Hall–Kier alpha value is -1.19. The second-order valence-corrected chi connectivity index (χ2v) is 3.76. The molecule has 1 aliphatic rings. The summed E-state index contributed by atoms with van der Waals surface area (Å²) in [4.78, 5) is 31.5. The monoisotopic (exact) mass is 213 g/mol. The number of nitrogens with one attached hydrogen (secondary N) is 1. The molecule has 1 rings (SSSR count). The van der Waals surface area contributed by atoms with Crippen molar-refractivity contribution in [2.45, 2.75) is 33.6 Å². The molecule has 0 spiro atoms. The topological polar surface area (TPSA) is 63.2 Å². The zero-order valence-corrected chi connectivity index (χ0v) is 9.63. The highest BCUT2D eigenvalue weighted by Gasteiger charge is 2.47. The van der Waals surface area contributed by atoms with Gasteiger partial charge in [-0.25, -0.2) is 0 Å². The fraction of sp³-hybridized carbons (Fsp3) is 0.727. The molecule has 4 nitrogen and oxygen atoms in total. The first-order valence-electron chi connectivity index (χ1n) is 5.20. The fourth-order valence-electron chi connectivity index (χ4n) is 2.01. The summed E-state index contributed by atoms with van der Waals surface area (Å²) in [7, 11) is 0. The molecule has 1 atom stereocenters. The van der Waals surface area contributed by atoms with Gasteiger partial charge in [-0.15, -0.1) is 0 Å². The Bertz CT molecular complexity index is 246. The molecule has 1 aliphatic heterocycles. The van der Waals surface area contributed by atoms with Crippen LogP contribution in [0.3, 0.4) is 0 Å². The van der Waals surface area contributed by atoms with E-state index in [0.717, 1.165) is 0 Å². The lowest BCUT2D eigenvalue weighted by Crippen LogP contribution is -2.55. The highest BCUT2D eigenvalue weighted by atomic mass is 16.2. The minimum absolute atomic E-state index is 0.0300. The maximum atomic E-state index is 11.9. The van der Waals surface area contributed by atoms with Gasteiger partial charge in [-0.05, 0) is 12.8 Å². The van der Waals surface area contributed by atoms with E-state index in [1.807, 2.05) is 27.6 Å². The molecule has 0 bridgehead atoms. The lowest BCUT2D eigenvalue weighted by molar-refractivity contribution is -0.148.